The van der Waals surface area contributed by atoms with Crippen LogP contribution in [0.1, 0.15) is 26.4 Å². The number of aromatic nitrogens is 1. The van der Waals surface area contributed by atoms with Gasteiger partial charge in [-0.15, -0.1) is 0 Å². The summed E-state index contributed by atoms with van der Waals surface area (Å²) in [4.78, 5) is 31.1. The van der Waals surface area contributed by atoms with Gasteiger partial charge in [0.05, 0.1) is 12.5 Å². The van der Waals surface area contributed by atoms with Gasteiger partial charge in [0.1, 0.15) is 11.8 Å². The average molecular weight is 531 g/mol. The number of carbonyl (C=O) groups is 2. The lowest BCUT2D eigenvalue weighted by molar-refractivity contribution is 0.100. The smallest absolute Gasteiger partial charge is 0.280 e. The molecular formula is C17H22N8O8S2. The maximum Gasteiger partial charge on any atom is 0.280 e. The number of guanidine groups is 2. The van der Waals surface area contributed by atoms with Gasteiger partial charge in [-0.2, -0.15) is 32.1 Å². The van der Waals surface area contributed by atoms with Crippen LogP contribution in [0.25, 0.3) is 5.69 Å². The van der Waals surface area contributed by atoms with Crippen LogP contribution in [0.5, 0.6) is 0 Å². The fourth-order valence-electron chi connectivity index (χ4n) is 2.06. The quantitative estimate of drug-likeness (QED) is 0.145. The van der Waals surface area contributed by atoms with Gasteiger partial charge >= 0.3 is 0 Å². The van der Waals surface area contributed by atoms with Gasteiger partial charge < -0.3 is 27.5 Å². The van der Waals surface area contributed by atoms with E-state index in [0.717, 1.165) is 0 Å². The highest BCUT2D eigenvalue weighted by Gasteiger charge is 2.15. The minimum absolute atomic E-state index is 0.0256. The van der Waals surface area contributed by atoms with Crippen LogP contribution in [-0.2, 0) is 20.2 Å². The predicted octanol–water partition coefficient (Wildman–Crippen LogP) is -1.82. The lowest BCUT2D eigenvalue weighted by Gasteiger charge is -2.09. The summed E-state index contributed by atoms with van der Waals surface area (Å²) in [6.07, 6.45) is 3.03. The first kappa shape index (κ1) is 30.7. The Kier molecular flexibility index (Phi) is 11.2. The van der Waals surface area contributed by atoms with Gasteiger partial charge in [0, 0.05) is 23.0 Å². The zero-order valence-electron chi connectivity index (χ0n) is 18.2. The van der Waals surface area contributed by atoms with Crippen molar-refractivity contribution in [1.29, 1.82) is 5.26 Å². The van der Waals surface area contributed by atoms with Crippen molar-refractivity contribution in [2.24, 2.45) is 32.9 Å². The standard InChI is InChI=1S/C15H14N8O2.2CH4O3S/c16-7-10-2-1-3-23(10)11-5-8(12(24)21-14(17)18)4-9(6-11)13(25)22-15(19)20;2*1-5(2,3)4/h1-6H,(H4,17,18,21,24)(H4,19,20,22,25);2*1H3,(H,2,3,4). The summed E-state index contributed by atoms with van der Waals surface area (Å²) in [6.45, 7) is 0. The van der Waals surface area contributed by atoms with Crippen molar-refractivity contribution < 1.29 is 35.5 Å². The second-order valence-electron chi connectivity index (χ2n) is 6.29. The van der Waals surface area contributed by atoms with Crippen LogP contribution in [0.3, 0.4) is 0 Å². The van der Waals surface area contributed by atoms with Crippen molar-refractivity contribution in [3.8, 4) is 11.8 Å². The zero-order valence-corrected chi connectivity index (χ0v) is 19.9. The highest BCUT2D eigenvalue weighted by atomic mass is 32.2. The second-order valence-corrected chi connectivity index (χ2v) is 9.23. The molecular weight excluding hydrogens is 508 g/mol. The van der Waals surface area contributed by atoms with E-state index in [1.165, 1.54) is 22.8 Å². The maximum atomic E-state index is 12.1. The Labute approximate surface area is 200 Å². The SMILES string of the molecule is CS(=O)(=O)O.CS(=O)(=O)O.N#Cc1cccn1-c1cc(C(=O)N=C(N)N)cc(C(=O)N=C(N)N)c1. The topological polar surface area (TPSA) is 300 Å². The number of hydrogen-bond donors (Lipinski definition) is 6. The Morgan fingerprint density at radius 1 is 0.886 bits per heavy atom. The monoisotopic (exact) mass is 530 g/mol. The predicted molar refractivity (Wildman–Crippen MR) is 126 cm³/mol. The molecule has 10 N–H and O–H groups in total. The van der Waals surface area contributed by atoms with Gasteiger partial charge in [0.15, 0.2) is 11.9 Å². The van der Waals surface area contributed by atoms with Crippen molar-refractivity contribution in [3.63, 3.8) is 0 Å². The molecule has 0 atom stereocenters. The molecule has 0 fully saturated rings. The fraction of sp³-hybridized carbons (Fsp3) is 0.118. The number of aliphatic imine (C=N–C) groups is 2. The molecule has 0 radical (unpaired) electrons. The van der Waals surface area contributed by atoms with E-state index in [9.17, 15) is 26.4 Å². The van der Waals surface area contributed by atoms with Gasteiger partial charge in [-0.05, 0) is 30.3 Å². The van der Waals surface area contributed by atoms with Crippen molar-refractivity contribution in [3.05, 3.63) is 53.3 Å². The van der Waals surface area contributed by atoms with Crippen LogP contribution < -0.4 is 22.9 Å². The number of carbonyl (C=O) groups excluding carboxylic acids is 2. The van der Waals surface area contributed by atoms with E-state index >= 15 is 0 Å². The van der Waals surface area contributed by atoms with Crippen molar-refractivity contribution in [2.75, 3.05) is 12.5 Å². The summed E-state index contributed by atoms with van der Waals surface area (Å²) in [5.74, 6) is -2.37. The molecule has 2 amide bonds. The normalized spacial score (nSPS) is 10.3. The number of nitrogens with zero attached hydrogens (tertiary/aromatic N) is 4. The van der Waals surface area contributed by atoms with Gasteiger partial charge in [-0.1, -0.05) is 0 Å². The fourth-order valence-corrected chi connectivity index (χ4v) is 2.06. The highest BCUT2D eigenvalue weighted by molar-refractivity contribution is 7.85. The van der Waals surface area contributed by atoms with E-state index in [-0.39, 0.29) is 11.1 Å². The van der Waals surface area contributed by atoms with Crippen LogP contribution in [0.2, 0.25) is 0 Å². The van der Waals surface area contributed by atoms with E-state index in [0.29, 0.717) is 23.9 Å². The van der Waals surface area contributed by atoms with Crippen LogP contribution in [0.4, 0.5) is 0 Å². The van der Waals surface area contributed by atoms with Crippen molar-refractivity contribution in [2.45, 2.75) is 0 Å². The van der Waals surface area contributed by atoms with Crippen LogP contribution in [0, 0.1) is 11.3 Å². The van der Waals surface area contributed by atoms with Crippen LogP contribution in [-0.4, -0.2) is 66.8 Å². The number of benzene rings is 1. The number of nitriles is 1. The number of amides is 2. The Balaban J connectivity index is 0.000000975. The molecule has 0 bridgehead atoms. The van der Waals surface area contributed by atoms with Crippen LogP contribution in [0.15, 0.2) is 46.5 Å². The van der Waals surface area contributed by atoms with Gasteiger partial charge in [0.25, 0.3) is 32.1 Å². The molecule has 0 saturated heterocycles. The van der Waals surface area contributed by atoms with Gasteiger partial charge in [0.2, 0.25) is 0 Å². The van der Waals surface area contributed by atoms with Gasteiger partial charge in [-0.3, -0.25) is 18.7 Å². The molecule has 0 unspecified atom stereocenters. The largest absolute Gasteiger partial charge is 0.370 e. The molecule has 0 saturated carbocycles. The molecule has 0 spiro atoms. The molecule has 1 aromatic heterocycles. The number of hydrogen-bond acceptors (Lipinski definition) is 7. The highest BCUT2D eigenvalue weighted by Crippen LogP contribution is 2.19. The number of rotatable bonds is 3. The first-order valence-corrected chi connectivity index (χ1v) is 12.4. The molecule has 0 aliphatic heterocycles. The Hall–Kier alpha value is -4.31. The minimum Gasteiger partial charge on any atom is -0.370 e. The first-order chi connectivity index (χ1) is 15.8. The lowest BCUT2D eigenvalue weighted by atomic mass is 10.1. The summed E-state index contributed by atoms with van der Waals surface area (Å²) in [5, 5.41) is 9.15. The Morgan fingerprint density at radius 3 is 1.57 bits per heavy atom. The van der Waals surface area contributed by atoms with E-state index in [1.807, 2.05) is 6.07 Å². The van der Waals surface area contributed by atoms with E-state index in [2.05, 4.69) is 9.98 Å². The maximum absolute atomic E-state index is 12.1. The van der Waals surface area contributed by atoms with E-state index in [1.54, 1.807) is 18.3 Å². The molecule has 2 rings (SSSR count). The van der Waals surface area contributed by atoms with E-state index < -0.39 is 44.0 Å². The molecule has 1 heterocycles. The lowest BCUT2D eigenvalue weighted by Crippen LogP contribution is -2.24. The summed E-state index contributed by atoms with van der Waals surface area (Å²) in [7, 11) is -7.33. The molecule has 16 nitrogen and oxygen atoms in total. The third kappa shape index (κ3) is 14.5. The summed E-state index contributed by atoms with van der Waals surface area (Å²) >= 11 is 0. The molecule has 18 heteroatoms. The summed E-state index contributed by atoms with van der Waals surface area (Å²) in [5.41, 5.74) is 21.6. The van der Waals surface area contributed by atoms with Crippen molar-refractivity contribution >= 4 is 44.0 Å². The zero-order chi connectivity index (χ0) is 27.6. The summed E-state index contributed by atoms with van der Waals surface area (Å²) in [6, 6.07) is 9.32. The van der Waals surface area contributed by atoms with Crippen molar-refractivity contribution in [1.82, 2.24) is 4.57 Å². The van der Waals surface area contributed by atoms with Gasteiger partial charge in [-0.25, -0.2) is 0 Å². The van der Waals surface area contributed by atoms with E-state index in [4.69, 9.17) is 37.3 Å². The number of nitrogens with two attached hydrogens (primary N) is 4. The third-order valence-corrected chi connectivity index (χ3v) is 3.01. The Bertz CT molecular complexity index is 1300. The molecule has 1 aromatic carbocycles. The second kappa shape index (κ2) is 12.8. The molecule has 0 aliphatic rings. The average Bonchev–Trinajstić information content (AvgIpc) is 3.12. The molecule has 35 heavy (non-hydrogen) atoms. The molecule has 0 aliphatic carbocycles. The third-order valence-electron chi connectivity index (χ3n) is 3.01. The minimum atomic E-state index is -3.67. The molecule has 2 aromatic rings. The Morgan fingerprint density at radius 2 is 1.26 bits per heavy atom. The molecule has 190 valence electrons. The first-order valence-electron chi connectivity index (χ1n) is 8.67. The summed E-state index contributed by atoms with van der Waals surface area (Å²) < 4.78 is 53.2. The van der Waals surface area contributed by atoms with Crippen LogP contribution >= 0.6 is 0 Å².